The molecule has 0 saturated carbocycles. The van der Waals surface area contributed by atoms with Gasteiger partial charge in [0.05, 0.1) is 16.8 Å². The van der Waals surface area contributed by atoms with E-state index < -0.39 is 6.61 Å². The standard InChI is InChI=1S/C15H14ClF2NO/c1-10(19-13-8-4-3-7-12(13)16)11-6-2-5-9-14(11)20-15(17)18/h2-10,15,19H,1H3. The average molecular weight is 298 g/mol. The van der Waals surface area contributed by atoms with Crippen molar-refractivity contribution in [3.05, 3.63) is 59.1 Å². The minimum atomic E-state index is -2.84. The first-order valence-corrected chi connectivity index (χ1v) is 6.50. The molecule has 0 aromatic heterocycles. The molecule has 0 aliphatic heterocycles. The summed E-state index contributed by atoms with van der Waals surface area (Å²) in [6.07, 6.45) is 0. The zero-order chi connectivity index (χ0) is 14.5. The zero-order valence-corrected chi connectivity index (χ0v) is 11.6. The maximum atomic E-state index is 12.4. The second kappa shape index (κ2) is 6.57. The van der Waals surface area contributed by atoms with E-state index in [1.807, 2.05) is 25.1 Å². The Balaban J connectivity index is 2.21. The molecule has 0 saturated heterocycles. The summed E-state index contributed by atoms with van der Waals surface area (Å²) < 4.78 is 29.3. The number of benzene rings is 2. The molecule has 20 heavy (non-hydrogen) atoms. The van der Waals surface area contributed by atoms with Crippen molar-refractivity contribution in [2.75, 3.05) is 5.32 Å². The second-order valence-corrected chi connectivity index (χ2v) is 4.67. The van der Waals surface area contributed by atoms with Crippen LogP contribution in [0.2, 0.25) is 5.02 Å². The van der Waals surface area contributed by atoms with Crippen LogP contribution in [0.25, 0.3) is 0 Å². The zero-order valence-electron chi connectivity index (χ0n) is 10.8. The van der Waals surface area contributed by atoms with Crippen molar-refractivity contribution in [3.8, 4) is 5.75 Å². The third-order valence-electron chi connectivity index (χ3n) is 2.85. The average Bonchev–Trinajstić information content (AvgIpc) is 2.41. The van der Waals surface area contributed by atoms with E-state index in [0.29, 0.717) is 10.6 Å². The Morgan fingerprint density at radius 3 is 2.40 bits per heavy atom. The lowest BCUT2D eigenvalue weighted by molar-refractivity contribution is -0.0505. The first kappa shape index (κ1) is 14.6. The number of hydrogen-bond donors (Lipinski definition) is 1. The predicted molar refractivity (Wildman–Crippen MR) is 76.6 cm³/mol. The van der Waals surface area contributed by atoms with Gasteiger partial charge in [0.25, 0.3) is 0 Å². The summed E-state index contributed by atoms with van der Waals surface area (Å²) in [5.41, 5.74) is 1.39. The number of alkyl halides is 2. The van der Waals surface area contributed by atoms with Gasteiger partial charge in [-0.15, -0.1) is 0 Å². The number of ether oxygens (including phenoxy) is 1. The minimum Gasteiger partial charge on any atom is -0.434 e. The fourth-order valence-electron chi connectivity index (χ4n) is 1.93. The summed E-state index contributed by atoms with van der Waals surface area (Å²) in [6, 6.07) is 13.7. The molecule has 2 aromatic rings. The highest BCUT2D eigenvalue weighted by atomic mass is 35.5. The van der Waals surface area contributed by atoms with Crippen LogP contribution in [0.3, 0.4) is 0 Å². The molecule has 0 fully saturated rings. The van der Waals surface area contributed by atoms with Gasteiger partial charge in [-0.25, -0.2) is 0 Å². The van der Waals surface area contributed by atoms with Crippen molar-refractivity contribution in [1.82, 2.24) is 0 Å². The molecular formula is C15H14ClF2NO. The molecule has 0 bridgehead atoms. The van der Waals surface area contributed by atoms with E-state index in [4.69, 9.17) is 11.6 Å². The molecule has 2 aromatic carbocycles. The molecule has 0 radical (unpaired) electrons. The minimum absolute atomic E-state index is 0.162. The lowest BCUT2D eigenvalue weighted by atomic mass is 10.1. The topological polar surface area (TPSA) is 21.3 Å². The molecule has 0 aliphatic carbocycles. The van der Waals surface area contributed by atoms with Crippen LogP contribution in [0.5, 0.6) is 5.75 Å². The normalized spacial score (nSPS) is 12.2. The maximum Gasteiger partial charge on any atom is 0.387 e. The quantitative estimate of drug-likeness (QED) is 0.827. The van der Waals surface area contributed by atoms with Crippen molar-refractivity contribution in [3.63, 3.8) is 0 Å². The van der Waals surface area contributed by atoms with E-state index in [9.17, 15) is 8.78 Å². The highest BCUT2D eigenvalue weighted by Crippen LogP contribution is 2.31. The summed E-state index contributed by atoms with van der Waals surface area (Å²) in [4.78, 5) is 0. The maximum absolute atomic E-state index is 12.4. The highest BCUT2D eigenvalue weighted by Gasteiger charge is 2.15. The first-order chi connectivity index (χ1) is 9.58. The van der Waals surface area contributed by atoms with Gasteiger partial charge in [-0.3, -0.25) is 0 Å². The van der Waals surface area contributed by atoms with E-state index in [1.165, 1.54) is 6.07 Å². The van der Waals surface area contributed by atoms with Crippen LogP contribution in [0.15, 0.2) is 48.5 Å². The van der Waals surface area contributed by atoms with Gasteiger partial charge in [-0.1, -0.05) is 41.9 Å². The molecule has 1 unspecified atom stereocenters. The van der Waals surface area contributed by atoms with Crippen molar-refractivity contribution < 1.29 is 13.5 Å². The number of para-hydroxylation sites is 2. The summed E-state index contributed by atoms with van der Waals surface area (Å²) in [6.45, 7) is -0.986. The number of anilines is 1. The Kier molecular flexibility index (Phi) is 4.79. The Morgan fingerprint density at radius 1 is 1.05 bits per heavy atom. The van der Waals surface area contributed by atoms with Crippen LogP contribution in [-0.2, 0) is 0 Å². The molecule has 0 aliphatic rings. The molecule has 0 spiro atoms. The summed E-state index contributed by atoms with van der Waals surface area (Å²) in [5.74, 6) is 0.162. The SMILES string of the molecule is CC(Nc1ccccc1Cl)c1ccccc1OC(F)F. The third-order valence-corrected chi connectivity index (χ3v) is 3.18. The van der Waals surface area contributed by atoms with Crippen LogP contribution in [-0.4, -0.2) is 6.61 Å². The summed E-state index contributed by atoms with van der Waals surface area (Å²) >= 11 is 6.07. The molecule has 106 valence electrons. The van der Waals surface area contributed by atoms with Crippen LogP contribution >= 0.6 is 11.6 Å². The van der Waals surface area contributed by atoms with Crippen LogP contribution in [0.4, 0.5) is 14.5 Å². The second-order valence-electron chi connectivity index (χ2n) is 4.26. The molecule has 0 amide bonds. The fourth-order valence-corrected chi connectivity index (χ4v) is 2.12. The Bertz CT molecular complexity index is 577. The number of nitrogens with one attached hydrogen (secondary N) is 1. The highest BCUT2D eigenvalue weighted by molar-refractivity contribution is 6.33. The van der Waals surface area contributed by atoms with E-state index in [1.54, 1.807) is 24.3 Å². The predicted octanol–water partition coefficient (Wildman–Crippen LogP) is 5.11. The van der Waals surface area contributed by atoms with Crippen molar-refractivity contribution in [2.45, 2.75) is 19.6 Å². The Labute approximate surface area is 121 Å². The first-order valence-electron chi connectivity index (χ1n) is 6.12. The van der Waals surface area contributed by atoms with Crippen LogP contribution in [0.1, 0.15) is 18.5 Å². The lowest BCUT2D eigenvalue weighted by Crippen LogP contribution is -2.11. The van der Waals surface area contributed by atoms with E-state index in [-0.39, 0.29) is 11.8 Å². The smallest absolute Gasteiger partial charge is 0.387 e. The summed E-state index contributed by atoms with van der Waals surface area (Å²) in [5, 5.41) is 3.76. The molecule has 2 nitrogen and oxygen atoms in total. The van der Waals surface area contributed by atoms with E-state index >= 15 is 0 Å². The van der Waals surface area contributed by atoms with Crippen LogP contribution in [0, 0.1) is 0 Å². The molecule has 1 N–H and O–H groups in total. The van der Waals surface area contributed by atoms with Gasteiger partial charge >= 0.3 is 6.61 Å². The van der Waals surface area contributed by atoms with Crippen LogP contribution < -0.4 is 10.1 Å². The molecular weight excluding hydrogens is 284 g/mol. The van der Waals surface area contributed by atoms with Crippen molar-refractivity contribution in [1.29, 1.82) is 0 Å². The third kappa shape index (κ3) is 3.61. The van der Waals surface area contributed by atoms with Crippen molar-refractivity contribution >= 4 is 17.3 Å². The van der Waals surface area contributed by atoms with Gasteiger partial charge < -0.3 is 10.1 Å². The largest absolute Gasteiger partial charge is 0.434 e. The molecule has 0 heterocycles. The van der Waals surface area contributed by atoms with E-state index in [2.05, 4.69) is 10.1 Å². The summed E-state index contributed by atoms with van der Waals surface area (Å²) in [7, 11) is 0. The molecule has 2 rings (SSSR count). The molecule has 1 atom stereocenters. The van der Waals surface area contributed by atoms with Gasteiger partial charge in [-0.05, 0) is 25.1 Å². The monoisotopic (exact) mass is 297 g/mol. The van der Waals surface area contributed by atoms with Gasteiger partial charge in [0.2, 0.25) is 0 Å². The van der Waals surface area contributed by atoms with Gasteiger partial charge in [0.1, 0.15) is 5.75 Å². The van der Waals surface area contributed by atoms with Gasteiger partial charge in [-0.2, -0.15) is 8.78 Å². The molecule has 5 heteroatoms. The number of rotatable bonds is 5. The van der Waals surface area contributed by atoms with Gasteiger partial charge in [0, 0.05) is 5.56 Å². The number of hydrogen-bond acceptors (Lipinski definition) is 2. The van der Waals surface area contributed by atoms with E-state index in [0.717, 1.165) is 5.69 Å². The van der Waals surface area contributed by atoms with Gasteiger partial charge in [0.15, 0.2) is 0 Å². The Hall–Kier alpha value is -1.81. The lowest BCUT2D eigenvalue weighted by Gasteiger charge is -2.19. The number of halogens is 3. The fraction of sp³-hybridized carbons (Fsp3) is 0.200. The Morgan fingerprint density at radius 2 is 1.70 bits per heavy atom. The van der Waals surface area contributed by atoms with Crippen molar-refractivity contribution in [2.24, 2.45) is 0 Å².